The van der Waals surface area contributed by atoms with Gasteiger partial charge in [-0.1, -0.05) is 37.0 Å². The highest BCUT2D eigenvalue weighted by atomic mass is 79.9. The zero-order chi connectivity index (χ0) is 16.3. The molecule has 118 valence electrons. The molecule has 0 aliphatic carbocycles. The summed E-state index contributed by atoms with van der Waals surface area (Å²) in [6, 6.07) is 5.35. The first-order valence-electron chi connectivity index (χ1n) is 6.85. The first-order valence-corrected chi connectivity index (χ1v) is 8.40. The zero-order valence-electron chi connectivity index (χ0n) is 12.2. The molecule has 1 heterocycles. The van der Waals surface area contributed by atoms with E-state index < -0.39 is 0 Å². The summed E-state index contributed by atoms with van der Waals surface area (Å²) in [5, 5.41) is 11.0. The molecule has 0 fully saturated rings. The number of aromatic amines is 1. The first-order chi connectivity index (χ1) is 10.4. The van der Waals surface area contributed by atoms with Crippen molar-refractivity contribution in [3.8, 4) is 0 Å². The Morgan fingerprint density at radius 2 is 1.95 bits per heavy atom. The minimum atomic E-state index is -0.219. The monoisotopic (exact) mass is 403 g/mol. The minimum Gasteiger partial charge on any atom is -0.350 e. The Kier molecular flexibility index (Phi) is 5.89. The van der Waals surface area contributed by atoms with Gasteiger partial charge in [-0.05, 0) is 52.0 Å². The van der Waals surface area contributed by atoms with Crippen LogP contribution in [0.3, 0.4) is 0 Å². The molecule has 0 unspecified atom stereocenters. The predicted octanol–water partition coefficient (Wildman–Crippen LogP) is 4.57. The van der Waals surface area contributed by atoms with E-state index >= 15 is 0 Å². The summed E-state index contributed by atoms with van der Waals surface area (Å²) in [4.78, 5) is 12.1. The second-order valence-electron chi connectivity index (χ2n) is 5.24. The maximum atomic E-state index is 12.1. The lowest BCUT2D eigenvalue weighted by Gasteiger charge is -2.06. The molecule has 2 N–H and O–H groups in total. The number of aromatic nitrogens is 2. The quantitative estimate of drug-likeness (QED) is 0.766. The van der Waals surface area contributed by atoms with Crippen LogP contribution in [0.25, 0.3) is 0 Å². The van der Waals surface area contributed by atoms with E-state index in [2.05, 4.69) is 31.4 Å². The number of amides is 1. The molecule has 4 nitrogen and oxygen atoms in total. The van der Waals surface area contributed by atoms with Crippen molar-refractivity contribution in [2.75, 3.05) is 6.54 Å². The number of rotatable bonds is 5. The van der Waals surface area contributed by atoms with Crippen LogP contribution in [-0.4, -0.2) is 22.6 Å². The van der Waals surface area contributed by atoms with Crippen molar-refractivity contribution >= 4 is 45.0 Å². The van der Waals surface area contributed by atoms with Crippen LogP contribution in [0.4, 0.5) is 0 Å². The topological polar surface area (TPSA) is 57.8 Å². The highest BCUT2D eigenvalue weighted by Gasteiger charge is 2.18. The zero-order valence-corrected chi connectivity index (χ0v) is 15.3. The highest BCUT2D eigenvalue weighted by molar-refractivity contribution is 9.10. The van der Waals surface area contributed by atoms with E-state index in [0.717, 1.165) is 11.3 Å². The van der Waals surface area contributed by atoms with Gasteiger partial charge in [0.05, 0.1) is 10.2 Å². The van der Waals surface area contributed by atoms with Crippen LogP contribution >= 0.6 is 39.1 Å². The molecule has 0 aliphatic heterocycles. The number of nitrogens with zero attached hydrogens (tertiary/aromatic N) is 1. The fourth-order valence-corrected chi connectivity index (χ4v) is 3.42. The molecule has 0 saturated carbocycles. The van der Waals surface area contributed by atoms with E-state index in [1.54, 1.807) is 6.07 Å². The fraction of sp³-hybridized carbons (Fsp3) is 0.333. The third-order valence-electron chi connectivity index (χ3n) is 3.15. The molecule has 22 heavy (non-hydrogen) atoms. The summed E-state index contributed by atoms with van der Waals surface area (Å²) in [7, 11) is 0. The normalized spacial score (nSPS) is 11.0. The van der Waals surface area contributed by atoms with Crippen molar-refractivity contribution in [1.82, 2.24) is 15.5 Å². The molecule has 7 heteroatoms. The van der Waals surface area contributed by atoms with Gasteiger partial charge in [0.15, 0.2) is 5.69 Å². The number of halogens is 3. The van der Waals surface area contributed by atoms with Crippen LogP contribution in [0.15, 0.2) is 22.7 Å². The average molecular weight is 405 g/mol. The summed E-state index contributed by atoms with van der Waals surface area (Å²) in [5.74, 6) is 0.0418. The summed E-state index contributed by atoms with van der Waals surface area (Å²) in [5.41, 5.74) is 2.25. The van der Waals surface area contributed by atoms with Crippen molar-refractivity contribution < 1.29 is 4.79 Å². The van der Waals surface area contributed by atoms with Gasteiger partial charge in [0.25, 0.3) is 5.91 Å². The number of nitrogens with one attached hydrogen (secondary N) is 2. The van der Waals surface area contributed by atoms with Crippen LogP contribution in [0.1, 0.15) is 41.5 Å². The summed E-state index contributed by atoms with van der Waals surface area (Å²) < 4.78 is 0.714. The smallest absolute Gasteiger partial charge is 0.272 e. The summed E-state index contributed by atoms with van der Waals surface area (Å²) in [6.45, 7) is 4.54. The van der Waals surface area contributed by atoms with Crippen LogP contribution in [0, 0.1) is 0 Å². The number of carbonyl (C=O) groups is 1. The third-order valence-corrected chi connectivity index (χ3v) is 4.39. The highest BCUT2D eigenvalue weighted by Crippen LogP contribution is 2.25. The first kappa shape index (κ1) is 17.3. The van der Waals surface area contributed by atoms with Gasteiger partial charge >= 0.3 is 0 Å². The Bertz CT molecular complexity index is 665. The van der Waals surface area contributed by atoms with Gasteiger partial charge in [0, 0.05) is 16.6 Å². The summed E-state index contributed by atoms with van der Waals surface area (Å²) >= 11 is 15.3. The van der Waals surface area contributed by atoms with E-state index in [-0.39, 0.29) is 11.8 Å². The van der Waals surface area contributed by atoms with E-state index in [1.807, 2.05) is 26.0 Å². The maximum Gasteiger partial charge on any atom is 0.272 e. The molecule has 2 rings (SSSR count). The Labute approximate surface area is 147 Å². The van der Waals surface area contributed by atoms with Crippen LogP contribution in [0.5, 0.6) is 0 Å². The number of hydrogen-bond acceptors (Lipinski definition) is 2. The van der Waals surface area contributed by atoms with Gasteiger partial charge < -0.3 is 5.32 Å². The molecular formula is C15H16BrCl2N3O. The van der Waals surface area contributed by atoms with E-state index in [1.165, 1.54) is 0 Å². The molecule has 0 saturated heterocycles. The molecular weight excluding hydrogens is 389 g/mol. The van der Waals surface area contributed by atoms with Crippen molar-refractivity contribution in [1.29, 1.82) is 0 Å². The molecule has 1 aromatic heterocycles. The van der Waals surface area contributed by atoms with Crippen LogP contribution < -0.4 is 5.32 Å². The molecule has 1 amide bonds. The van der Waals surface area contributed by atoms with E-state index in [0.29, 0.717) is 33.2 Å². The largest absolute Gasteiger partial charge is 0.350 e. The number of benzene rings is 1. The average Bonchev–Trinajstić information content (AvgIpc) is 2.79. The van der Waals surface area contributed by atoms with Gasteiger partial charge in [-0.25, -0.2) is 0 Å². The molecule has 0 radical (unpaired) electrons. The van der Waals surface area contributed by atoms with Gasteiger partial charge in [-0.2, -0.15) is 5.10 Å². The molecule has 0 spiro atoms. The number of H-pyrrole nitrogens is 1. The number of carbonyl (C=O) groups excluding carboxylic acids is 1. The second-order valence-corrected chi connectivity index (χ2v) is 6.90. The lowest BCUT2D eigenvalue weighted by molar-refractivity contribution is 0.0948. The van der Waals surface area contributed by atoms with Crippen molar-refractivity contribution in [3.63, 3.8) is 0 Å². The van der Waals surface area contributed by atoms with Crippen molar-refractivity contribution in [3.05, 3.63) is 49.7 Å². The third kappa shape index (κ3) is 4.24. The number of hydrogen-bond donors (Lipinski definition) is 2. The molecule has 0 bridgehead atoms. The van der Waals surface area contributed by atoms with Crippen molar-refractivity contribution in [2.45, 2.75) is 26.2 Å². The van der Waals surface area contributed by atoms with E-state index in [4.69, 9.17) is 23.2 Å². The molecule has 2 aromatic rings. The lowest BCUT2D eigenvalue weighted by Crippen LogP contribution is -2.26. The minimum absolute atomic E-state index is 0.219. The van der Waals surface area contributed by atoms with Crippen LogP contribution in [-0.2, 0) is 6.42 Å². The SMILES string of the molecule is CC(C)c1[nH]nc(C(=O)NCCc2cc(Cl)cc(Cl)c2)c1Br. The Morgan fingerprint density at radius 3 is 2.50 bits per heavy atom. The molecule has 0 aliphatic rings. The molecule has 0 atom stereocenters. The molecule has 1 aromatic carbocycles. The van der Waals surface area contributed by atoms with Gasteiger partial charge in [0.1, 0.15) is 0 Å². The Morgan fingerprint density at radius 1 is 1.32 bits per heavy atom. The van der Waals surface area contributed by atoms with Crippen molar-refractivity contribution in [2.24, 2.45) is 0 Å². The van der Waals surface area contributed by atoms with Gasteiger partial charge in [0.2, 0.25) is 0 Å². The maximum absolute atomic E-state index is 12.1. The van der Waals surface area contributed by atoms with Crippen LogP contribution in [0.2, 0.25) is 10.0 Å². The second kappa shape index (κ2) is 7.49. The Balaban J connectivity index is 1.96. The Hall–Kier alpha value is -1.04. The predicted molar refractivity (Wildman–Crippen MR) is 92.9 cm³/mol. The van der Waals surface area contributed by atoms with Gasteiger partial charge in [-0.15, -0.1) is 0 Å². The lowest BCUT2D eigenvalue weighted by atomic mass is 10.1. The standard InChI is InChI=1S/C15H16BrCl2N3O/c1-8(2)13-12(16)14(21-20-13)15(22)19-4-3-9-5-10(17)7-11(18)6-9/h5-8H,3-4H2,1-2H3,(H,19,22)(H,20,21). The fourth-order valence-electron chi connectivity index (χ4n) is 2.03. The summed E-state index contributed by atoms with van der Waals surface area (Å²) in [6.07, 6.45) is 0.644. The van der Waals surface area contributed by atoms with Gasteiger partial charge in [-0.3, -0.25) is 9.89 Å². The van der Waals surface area contributed by atoms with E-state index in [9.17, 15) is 4.79 Å².